The Kier molecular flexibility index (Phi) is 6.64. The van der Waals surface area contributed by atoms with Crippen molar-refractivity contribution in [2.45, 2.75) is 37.4 Å². The van der Waals surface area contributed by atoms with Crippen LogP contribution in [0.1, 0.15) is 26.5 Å². The summed E-state index contributed by atoms with van der Waals surface area (Å²) in [4.78, 5) is 14.9. The molecule has 3 aromatic rings. The highest BCUT2D eigenvalue weighted by Gasteiger charge is 2.23. The molecule has 160 valence electrons. The summed E-state index contributed by atoms with van der Waals surface area (Å²) in [5.41, 5.74) is 1.43. The number of rotatable bonds is 9. The molecule has 0 spiro atoms. The highest BCUT2D eigenvalue weighted by atomic mass is 32.2. The maximum Gasteiger partial charge on any atom is 0.433 e. The Morgan fingerprint density at radius 2 is 1.97 bits per heavy atom. The third kappa shape index (κ3) is 4.27. The molecule has 1 aromatic carbocycles. The average molecular weight is 451 g/mol. The largest absolute Gasteiger partial charge is 0.433 e. The third-order valence-electron chi connectivity index (χ3n) is 4.54. The number of sulfonamides is 1. The zero-order valence-corrected chi connectivity index (χ0v) is 18.4. The lowest BCUT2D eigenvalue weighted by molar-refractivity contribution is -0.402. The van der Waals surface area contributed by atoms with Gasteiger partial charge in [0.05, 0.1) is 22.0 Å². The van der Waals surface area contributed by atoms with Crippen LogP contribution in [0.2, 0.25) is 0 Å². The minimum absolute atomic E-state index is 0.217. The minimum Gasteiger partial charge on any atom is -0.401 e. The number of nitrogens with zero attached hydrogens (tertiary/aromatic N) is 4. The number of aryl methyl sites for hydroxylation is 1. The number of aromatic nitrogens is 2. The van der Waals surface area contributed by atoms with E-state index in [1.165, 1.54) is 28.2 Å². The van der Waals surface area contributed by atoms with E-state index in [1.54, 1.807) is 43.5 Å². The van der Waals surface area contributed by atoms with Gasteiger partial charge in [-0.3, -0.25) is 10.1 Å². The zero-order valence-electron chi connectivity index (χ0n) is 16.8. The van der Waals surface area contributed by atoms with Gasteiger partial charge >= 0.3 is 5.88 Å². The highest BCUT2D eigenvalue weighted by molar-refractivity contribution is 8.02. The normalized spacial score (nSPS) is 12.4. The molecule has 30 heavy (non-hydrogen) atoms. The number of imidazole rings is 1. The molecule has 0 radical (unpaired) electrons. The molecule has 0 N–H and O–H groups in total. The summed E-state index contributed by atoms with van der Waals surface area (Å²) in [7, 11) is -3.56. The second kappa shape index (κ2) is 9.02. The van der Waals surface area contributed by atoms with Crippen LogP contribution in [0.25, 0.3) is 17.1 Å². The molecule has 2 heterocycles. The first-order valence-electron chi connectivity index (χ1n) is 9.39. The van der Waals surface area contributed by atoms with Crippen molar-refractivity contribution in [2.24, 2.45) is 0 Å². The van der Waals surface area contributed by atoms with Gasteiger partial charge in [0.2, 0.25) is 10.0 Å². The van der Waals surface area contributed by atoms with Crippen molar-refractivity contribution in [3.8, 4) is 0 Å². The fourth-order valence-corrected chi connectivity index (χ4v) is 5.36. The van der Waals surface area contributed by atoms with E-state index in [0.29, 0.717) is 36.1 Å². The van der Waals surface area contributed by atoms with Gasteiger partial charge < -0.3 is 8.98 Å². The molecule has 0 bridgehead atoms. The number of benzene rings is 1. The Balaban J connectivity index is 1.90. The van der Waals surface area contributed by atoms with Crippen LogP contribution in [0.4, 0.5) is 5.88 Å². The number of furan rings is 1. The maximum atomic E-state index is 12.8. The molecule has 0 aliphatic rings. The second-order valence-electron chi connectivity index (χ2n) is 6.23. The Morgan fingerprint density at radius 1 is 1.23 bits per heavy atom. The second-order valence-corrected chi connectivity index (χ2v) is 9.04. The molecule has 0 fully saturated rings. The first-order valence-corrected chi connectivity index (χ1v) is 11.7. The molecule has 0 atom stereocenters. The molecule has 0 saturated carbocycles. The van der Waals surface area contributed by atoms with Crippen LogP contribution in [0.5, 0.6) is 0 Å². The minimum atomic E-state index is -3.56. The Labute approximate surface area is 178 Å². The van der Waals surface area contributed by atoms with E-state index in [4.69, 9.17) is 4.42 Å². The molecule has 0 aliphatic heterocycles. The van der Waals surface area contributed by atoms with Crippen LogP contribution >= 0.6 is 11.8 Å². The van der Waals surface area contributed by atoms with Crippen LogP contribution in [0.3, 0.4) is 0 Å². The highest BCUT2D eigenvalue weighted by Crippen LogP contribution is 2.28. The molecule has 0 amide bonds. The van der Waals surface area contributed by atoms with E-state index in [-0.39, 0.29) is 10.8 Å². The molecule has 0 aliphatic carbocycles. The third-order valence-corrected chi connectivity index (χ3v) is 7.38. The van der Waals surface area contributed by atoms with Crippen LogP contribution in [0, 0.1) is 10.1 Å². The van der Waals surface area contributed by atoms with Crippen molar-refractivity contribution >= 4 is 44.8 Å². The number of thioether (sulfide) groups is 1. The molecular weight excluding hydrogens is 428 g/mol. The van der Waals surface area contributed by atoms with Crippen LogP contribution < -0.4 is 0 Å². The molecule has 11 heteroatoms. The van der Waals surface area contributed by atoms with E-state index in [2.05, 4.69) is 4.98 Å². The summed E-state index contributed by atoms with van der Waals surface area (Å²) in [6.45, 7) is 7.04. The molecule has 0 unspecified atom stereocenters. The molecule has 2 aromatic heterocycles. The smallest absolute Gasteiger partial charge is 0.401 e. The summed E-state index contributed by atoms with van der Waals surface area (Å²) in [5.74, 6) is 0.0448. The summed E-state index contributed by atoms with van der Waals surface area (Å²) in [5, 5.41) is 13.1. The first-order chi connectivity index (χ1) is 14.3. The summed E-state index contributed by atoms with van der Waals surface area (Å²) in [6.07, 6.45) is 1.62. The van der Waals surface area contributed by atoms with Gasteiger partial charge in [-0.25, -0.2) is 13.4 Å². The Hall–Kier alpha value is -2.63. The monoisotopic (exact) mass is 450 g/mol. The molecule has 9 nitrogen and oxygen atoms in total. The van der Waals surface area contributed by atoms with Gasteiger partial charge in [0.25, 0.3) is 0 Å². The van der Waals surface area contributed by atoms with Gasteiger partial charge in [-0.05, 0) is 42.7 Å². The average Bonchev–Trinajstić information content (AvgIpc) is 3.32. The van der Waals surface area contributed by atoms with Gasteiger partial charge in [-0.2, -0.15) is 4.31 Å². The fourth-order valence-electron chi connectivity index (χ4n) is 3.05. The van der Waals surface area contributed by atoms with Crippen LogP contribution in [-0.2, 0) is 16.6 Å². The number of fused-ring (bicyclic) bond motifs is 1. The van der Waals surface area contributed by atoms with Crippen molar-refractivity contribution in [3.63, 3.8) is 0 Å². The lowest BCUT2D eigenvalue weighted by atomic mass is 10.3. The van der Waals surface area contributed by atoms with E-state index in [9.17, 15) is 18.5 Å². The number of hydrogen-bond acceptors (Lipinski definition) is 7. The Bertz CT molecular complexity index is 1190. The SMILES string of the molecule is CCN(CC)S(=O)(=O)c1ccc2c(c1)nc(SC=Cc1ccc([N+](=O)[O-])o1)n2CC. The van der Waals surface area contributed by atoms with Crippen molar-refractivity contribution in [2.75, 3.05) is 13.1 Å². The molecular formula is C19H22N4O5S2. The van der Waals surface area contributed by atoms with E-state index in [0.717, 1.165) is 5.52 Å². The predicted octanol–water partition coefficient (Wildman–Crippen LogP) is 4.35. The molecule has 0 saturated heterocycles. The summed E-state index contributed by atoms with van der Waals surface area (Å²) in [6, 6.07) is 7.78. The quantitative estimate of drug-likeness (QED) is 0.271. The van der Waals surface area contributed by atoms with E-state index < -0.39 is 14.9 Å². The van der Waals surface area contributed by atoms with Crippen molar-refractivity contribution in [1.82, 2.24) is 13.9 Å². The predicted molar refractivity (Wildman–Crippen MR) is 116 cm³/mol. The Morgan fingerprint density at radius 3 is 2.57 bits per heavy atom. The number of nitro groups is 1. The van der Waals surface area contributed by atoms with Gasteiger partial charge in [-0.1, -0.05) is 25.6 Å². The van der Waals surface area contributed by atoms with Crippen LogP contribution in [-0.4, -0.2) is 40.3 Å². The zero-order chi connectivity index (χ0) is 21.9. The van der Waals surface area contributed by atoms with E-state index in [1.807, 2.05) is 11.5 Å². The van der Waals surface area contributed by atoms with Crippen molar-refractivity contribution < 1.29 is 17.8 Å². The van der Waals surface area contributed by atoms with Gasteiger partial charge in [-0.15, -0.1) is 0 Å². The standard InChI is InChI=1S/C19H22N4O5S2/c1-4-21(5-2)30(26,27)15-8-9-17-16(13-15)20-19(22(17)6-3)29-12-11-14-7-10-18(28-14)23(24)25/h7-13H,4-6H2,1-3H3. The lowest BCUT2D eigenvalue weighted by Crippen LogP contribution is -2.30. The first kappa shape index (κ1) is 22.1. The van der Waals surface area contributed by atoms with E-state index >= 15 is 0 Å². The van der Waals surface area contributed by atoms with Crippen molar-refractivity contribution in [3.05, 3.63) is 51.6 Å². The fraction of sp³-hybridized carbons (Fsp3) is 0.316. The summed E-state index contributed by atoms with van der Waals surface area (Å²) < 4.78 is 34.1. The molecule has 3 rings (SSSR count). The van der Waals surface area contributed by atoms with Gasteiger partial charge in [0.15, 0.2) is 5.16 Å². The van der Waals surface area contributed by atoms with Gasteiger partial charge in [0, 0.05) is 19.6 Å². The maximum absolute atomic E-state index is 12.8. The van der Waals surface area contributed by atoms with Crippen molar-refractivity contribution in [1.29, 1.82) is 0 Å². The topological polar surface area (TPSA) is 111 Å². The number of hydrogen-bond donors (Lipinski definition) is 0. The van der Waals surface area contributed by atoms with Gasteiger partial charge in [0.1, 0.15) is 10.7 Å². The summed E-state index contributed by atoms with van der Waals surface area (Å²) >= 11 is 1.32. The van der Waals surface area contributed by atoms with Crippen LogP contribution in [0.15, 0.2) is 50.2 Å². The lowest BCUT2D eigenvalue weighted by Gasteiger charge is -2.18.